The molecule has 5 aromatic rings. The molecule has 178 valence electrons. The Morgan fingerprint density at radius 2 is 1.86 bits per heavy atom. The maximum Gasteiger partial charge on any atom is 0.352 e. The number of hydrogen-bond acceptors (Lipinski definition) is 6. The molecule has 0 unspecified atom stereocenters. The van der Waals surface area contributed by atoms with Crippen molar-refractivity contribution in [3.8, 4) is 34.4 Å². The molecule has 0 aliphatic carbocycles. The van der Waals surface area contributed by atoms with E-state index in [0.717, 1.165) is 34.5 Å². The molecule has 3 heterocycles. The molecule has 10 nitrogen and oxygen atoms in total. The molecule has 0 atom stereocenters. The Balaban J connectivity index is 1.51. The molecule has 2 aromatic carbocycles. The van der Waals surface area contributed by atoms with E-state index in [1.807, 2.05) is 60.0 Å². The number of hydrogen-bond donors (Lipinski definition) is 2. The van der Waals surface area contributed by atoms with Crippen molar-refractivity contribution in [2.45, 2.75) is 26.3 Å². The van der Waals surface area contributed by atoms with Gasteiger partial charge in [0.2, 0.25) is 5.82 Å². The van der Waals surface area contributed by atoms with Crippen LogP contribution >= 0.6 is 0 Å². The maximum atomic E-state index is 11.7. The summed E-state index contributed by atoms with van der Waals surface area (Å²) in [5.41, 5.74) is 4.22. The summed E-state index contributed by atoms with van der Waals surface area (Å²) in [5, 5.41) is 33.9. The average Bonchev–Trinajstić information content (AvgIpc) is 3.65. The highest BCUT2D eigenvalue weighted by Crippen LogP contribution is 2.30. The molecule has 36 heavy (non-hydrogen) atoms. The van der Waals surface area contributed by atoms with Gasteiger partial charge in [-0.1, -0.05) is 55.5 Å². The first-order valence-electron chi connectivity index (χ1n) is 11.4. The molecule has 5 rings (SSSR count). The van der Waals surface area contributed by atoms with Gasteiger partial charge in [-0.05, 0) is 40.5 Å². The lowest BCUT2D eigenvalue weighted by molar-refractivity contribution is 0.0688. The van der Waals surface area contributed by atoms with Crippen LogP contribution in [-0.2, 0) is 13.0 Å². The number of nitriles is 1. The summed E-state index contributed by atoms with van der Waals surface area (Å²) < 4.78 is 3.32. The third-order valence-corrected chi connectivity index (χ3v) is 5.92. The first kappa shape index (κ1) is 22.7. The van der Waals surface area contributed by atoms with E-state index in [9.17, 15) is 15.2 Å². The van der Waals surface area contributed by atoms with Gasteiger partial charge in [-0.15, -0.1) is 10.2 Å². The van der Waals surface area contributed by atoms with Crippen molar-refractivity contribution in [3.05, 3.63) is 89.6 Å². The Hall–Kier alpha value is -5.04. The summed E-state index contributed by atoms with van der Waals surface area (Å²) in [6, 6.07) is 21.3. The van der Waals surface area contributed by atoms with Gasteiger partial charge in [0, 0.05) is 18.2 Å². The average molecular weight is 479 g/mol. The van der Waals surface area contributed by atoms with E-state index in [1.165, 1.54) is 10.6 Å². The quantitative estimate of drug-likeness (QED) is 0.342. The number of nitrogens with one attached hydrogen (secondary N) is 1. The van der Waals surface area contributed by atoms with Gasteiger partial charge >= 0.3 is 5.97 Å². The van der Waals surface area contributed by atoms with Gasteiger partial charge in [0.15, 0.2) is 11.5 Å². The van der Waals surface area contributed by atoms with Crippen LogP contribution in [0.3, 0.4) is 0 Å². The van der Waals surface area contributed by atoms with Crippen molar-refractivity contribution in [3.63, 3.8) is 0 Å². The van der Waals surface area contributed by atoms with Crippen molar-refractivity contribution in [2.24, 2.45) is 0 Å². The molecule has 3 aromatic heterocycles. The number of tetrazole rings is 1. The third-order valence-electron chi connectivity index (χ3n) is 5.92. The van der Waals surface area contributed by atoms with Crippen molar-refractivity contribution < 1.29 is 9.90 Å². The van der Waals surface area contributed by atoms with Crippen molar-refractivity contribution in [1.29, 1.82) is 5.26 Å². The molecule has 0 aliphatic rings. The fourth-order valence-corrected chi connectivity index (χ4v) is 4.27. The smallest absolute Gasteiger partial charge is 0.352 e. The number of aryl methyl sites for hydroxylation is 1. The van der Waals surface area contributed by atoms with Gasteiger partial charge in [0.05, 0.1) is 6.54 Å². The zero-order chi connectivity index (χ0) is 25.1. The lowest BCUT2D eigenvalue weighted by Gasteiger charge is -2.11. The van der Waals surface area contributed by atoms with Crippen LogP contribution in [0.2, 0.25) is 0 Å². The number of nitrogens with zero attached hydrogens (tertiary/aromatic N) is 7. The lowest BCUT2D eigenvalue weighted by atomic mass is 9.98. The molecule has 0 saturated heterocycles. The van der Waals surface area contributed by atoms with E-state index in [2.05, 4.69) is 31.7 Å². The molecule has 10 heteroatoms. The van der Waals surface area contributed by atoms with E-state index in [0.29, 0.717) is 30.3 Å². The number of carboxylic acid groups (broad SMARTS) is 1. The fourth-order valence-electron chi connectivity index (χ4n) is 4.27. The SMILES string of the molecule is CCCc1nc(-n2cccc2C(=O)O)c(C#N)n1Cc1ccc(-c2ccccc2-c2nn[nH]n2)cc1. The minimum absolute atomic E-state index is 0.0591. The van der Waals surface area contributed by atoms with Crippen LogP contribution < -0.4 is 0 Å². The van der Waals surface area contributed by atoms with E-state index >= 15 is 0 Å². The summed E-state index contributed by atoms with van der Waals surface area (Å²) in [5.74, 6) is 0.510. The topological polar surface area (TPSA) is 138 Å². The number of rotatable bonds is 8. The lowest BCUT2D eigenvalue weighted by Crippen LogP contribution is -2.09. The standard InChI is InChI=1S/C26H22N8O2/c1-2-6-23-28-25(33-14-5-9-21(33)26(35)36)22(15-27)34(23)16-17-10-12-18(13-11-17)19-7-3-4-8-20(19)24-29-31-32-30-24/h3-5,7-14H,2,6,16H2,1H3,(H,35,36)(H,29,30,31,32). The Bertz CT molecular complexity index is 1560. The molecule has 0 radical (unpaired) electrons. The van der Waals surface area contributed by atoms with E-state index < -0.39 is 5.97 Å². The molecule has 0 fully saturated rings. The van der Waals surface area contributed by atoms with E-state index in [4.69, 9.17) is 0 Å². The molecular formula is C26H22N8O2. The van der Waals surface area contributed by atoms with Crippen LogP contribution in [0.15, 0.2) is 66.9 Å². The Morgan fingerprint density at radius 1 is 1.08 bits per heavy atom. The fraction of sp³-hybridized carbons (Fsp3) is 0.154. The third kappa shape index (κ3) is 4.14. The molecule has 0 amide bonds. The van der Waals surface area contributed by atoms with Crippen LogP contribution in [0.5, 0.6) is 0 Å². The molecule has 0 spiro atoms. The van der Waals surface area contributed by atoms with Crippen LogP contribution in [0.25, 0.3) is 28.3 Å². The molecular weight excluding hydrogens is 456 g/mol. The largest absolute Gasteiger partial charge is 0.477 e. The molecule has 0 aliphatic heterocycles. The normalized spacial score (nSPS) is 10.9. The van der Waals surface area contributed by atoms with Crippen LogP contribution in [0.1, 0.15) is 40.9 Å². The second kappa shape index (κ2) is 9.68. The van der Waals surface area contributed by atoms with Gasteiger partial charge in [0.1, 0.15) is 17.6 Å². The molecule has 0 bridgehead atoms. The van der Waals surface area contributed by atoms with E-state index in [-0.39, 0.29) is 5.69 Å². The number of H-pyrrole nitrogens is 1. The molecule has 0 saturated carbocycles. The first-order valence-corrected chi connectivity index (χ1v) is 11.4. The summed E-state index contributed by atoms with van der Waals surface area (Å²) in [7, 11) is 0. The van der Waals surface area contributed by atoms with Crippen molar-refractivity contribution in [1.82, 2.24) is 34.7 Å². The number of carbonyl (C=O) groups is 1. The van der Waals surface area contributed by atoms with Gasteiger partial charge in [-0.25, -0.2) is 9.78 Å². The highest BCUT2D eigenvalue weighted by Gasteiger charge is 2.21. The Morgan fingerprint density at radius 3 is 2.53 bits per heavy atom. The highest BCUT2D eigenvalue weighted by molar-refractivity contribution is 5.86. The van der Waals surface area contributed by atoms with Gasteiger partial charge < -0.3 is 9.67 Å². The Labute approximate surface area is 206 Å². The van der Waals surface area contributed by atoms with Crippen LogP contribution in [0, 0.1) is 11.3 Å². The Kier molecular flexibility index (Phi) is 6.11. The highest BCUT2D eigenvalue weighted by atomic mass is 16.4. The zero-order valence-corrected chi connectivity index (χ0v) is 19.5. The number of aromatic nitrogens is 7. The van der Waals surface area contributed by atoms with E-state index in [1.54, 1.807) is 12.3 Å². The molecule has 2 N–H and O–H groups in total. The van der Waals surface area contributed by atoms with Crippen LogP contribution in [0.4, 0.5) is 0 Å². The number of imidazole rings is 1. The number of aromatic amines is 1. The monoisotopic (exact) mass is 478 g/mol. The number of aromatic carboxylic acids is 1. The second-order valence-corrected chi connectivity index (χ2v) is 8.19. The number of carboxylic acids is 1. The maximum absolute atomic E-state index is 11.7. The van der Waals surface area contributed by atoms with Gasteiger partial charge in [0.25, 0.3) is 0 Å². The summed E-state index contributed by atoms with van der Waals surface area (Å²) in [6.45, 7) is 2.47. The van der Waals surface area contributed by atoms with Crippen LogP contribution in [-0.4, -0.2) is 45.8 Å². The minimum Gasteiger partial charge on any atom is -0.477 e. The first-order chi connectivity index (χ1) is 17.6. The van der Waals surface area contributed by atoms with Crippen molar-refractivity contribution in [2.75, 3.05) is 0 Å². The van der Waals surface area contributed by atoms with Crippen molar-refractivity contribution >= 4 is 5.97 Å². The number of benzene rings is 2. The predicted molar refractivity (Wildman–Crippen MR) is 131 cm³/mol. The zero-order valence-electron chi connectivity index (χ0n) is 19.5. The predicted octanol–water partition coefficient (Wildman–Crippen LogP) is 4.09. The van der Waals surface area contributed by atoms with Gasteiger partial charge in [-0.3, -0.25) is 4.57 Å². The summed E-state index contributed by atoms with van der Waals surface area (Å²) >= 11 is 0. The summed E-state index contributed by atoms with van der Waals surface area (Å²) in [6.07, 6.45) is 3.11. The summed E-state index contributed by atoms with van der Waals surface area (Å²) in [4.78, 5) is 16.3. The van der Waals surface area contributed by atoms with Gasteiger partial charge in [-0.2, -0.15) is 10.5 Å². The second-order valence-electron chi connectivity index (χ2n) is 8.19. The minimum atomic E-state index is -1.08.